The Hall–Kier alpha value is -0.610. The summed E-state index contributed by atoms with van der Waals surface area (Å²) in [7, 11) is 2.21. The highest BCUT2D eigenvalue weighted by Gasteiger charge is 2.27. The minimum Gasteiger partial charge on any atom is -0.341 e. The highest BCUT2D eigenvalue weighted by Crippen LogP contribution is 2.19. The molecule has 0 spiro atoms. The smallest absolute Gasteiger partial charge is 0.239 e. The number of rotatable bonds is 7. The van der Waals surface area contributed by atoms with Gasteiger partial charge in [-0.3, -0.25) is 4.79 Å². The Bertz CT molecular complexity index is 285. The molecule has 0 bridgehead atoms. The lowest BCUT2D eigenvalue weighted by atomic mass is 9.94. The van der Waals surface area contributed by atoms with Crippen LogP contribution in [0.2, 0.25) is 0 Å². The van der Waals surface area contributed by atoms with Crippen LogP contribution in [0.4, 0.5) is 0 Å². The quantitative estimate of drug-likeness (QED) is 0.777. The summed E-state index contributed by atoms with van der Waals surface area (Å²) in [5, 5.41) is 0. The third-order valence-corrected chi connectivity index (χ3v) is 4.39. The van der Waals surface area contributed by atoms with Crippen molar-refractivity contribution in [3.8, 4) is 0 Å². The maximum Gasteiger partial charge on any atom is 0.239 e. The molecular formula is C16H33N3O. The molecule has 0 aliphatic carbocycles. The lowest BCUT2D eigenvalue weighted by Crippen LogP contribution is -2.50. The summed E-state index contributed by atoms with van der Waals surface area (Å²) >= 11 is 0. The van der Waals surface area contributed by atoms with Crippen molar-refractivity contribution in [2.45, 2.75) is 52.5 Å². The number of hydrogen-bond acceptors (Lipinski definition) is 3. The maximum absolute atomic E-state index is 12.2. The number of amides is 1. The van der Waals surface area contributed by atoms with Gasteiger partial charge in [-0.25, -0.2) is 0 Å². The molecule has 1 aliphatic heterocycles. The lowest BCUT2D eigenvalue weighted by Gasteiger charge is -2.35. The van der Waals surface area contributed by atoms with Crippen molar-refractivity contribution >= 4 is 5.91 Å². The van der Waals surface area contributed by atoms with Crippen LogP contribution in [0.3, 0.4) is 0 Å². The monoisotopic (exact) mass is 283 g/mol. The molecule has 0 radical (unpaired) electrons. The summed E-state index contributed by atoms with van der Waals surface area (Å²) < 4.78 is 0. The van der Waals surface area contributed by atoms with Gasteiger partial charge in [-0.05, 0) is 44.7 Å². The van der Waals surface area contributed by atoms with E-state index in [-0.39, 0.29) is 17.9 Å². The van der Waals surface area contributed by atoms with Crippen LogP contribution in [-0.2, 0) is 4.79 Å². The zero-order valence-corrected chi connectivity index (χ0v) is 13.8. The highest BCUT2D eigenvalue weighted by molar-refractivity contribution is 5.82. The SMILES string of the molecule is CCCCN(C)CC1CCN(C(=O)[C@H](N)C(C)C)CC1. The van der Waals surface area contributed by atoms with Gasteiger partial charge >= 0.3 is 0 Å². The second kappa shape index (κ2) is 8.63. The zero-order chi connectivity index (χ0) is 15.1. The number of likely N-dealkylation sites (tertiary alicyclic amines) is 1. The van der Waals surface area contributed by atoms with Crippen LogP contribution < -0.4 is 5.73 Å². The van der Waals surface area contributed by atoms with Crippen molar-refractivity contribution in [3.63, 3.8) is 0 Å². The molecule has 1 atom stereocenters. The van der Waals surface area contributed by atoms with Crippen molar-refractivity contribution in [3.05, 3.63) is 0 Å². The van der Waals surface area contributed by atoms with Crippen LogP contribution >= 0.6 is 0 Å². The number of unbranched alkanes of at least 4 members (excludes halogenated alkanes) is 1. The van der Waals surface area contributed by atoms with E-state index in [9.17, 15) is 4.79 Å². The van der Waals surface area contributed by atoms with Crippen LogP contribution in [0.5, 0.6) is 0 Å². The minimum absolute atomic E-state index is 0.137. The Morgan fingerprint density at radius 2 is 1.95 bits per heavy atom. The van der Waals surface area contributed by atoms with E-state index in [0.29, 0.717) is 0 Å². The Balaban J connectivity index is 2.31. The van der Waals surface area contributed by atoms with Crippen LogP contribution in [0, 0.1) is 11.8 Å². The van der Waals surface area contributed by atoms with E-state index < -0.39 is 0 Å². The van der Waals surface area contributed by atoms with E-state index in [2.05, 4.69) is 18.9 Å². The number of carbonyl (C=O) groups excluding carboxylic acids is 1. The number of piperidine rings is 1. The molecule has 4 heteroatoms. The normalized spacial score (nSPS) is 18.9. The molecular weight excluding hydrogens is 250 g/mol. The number of hydrogen-bond donors (Lipinski definition) is 1. The van der Waals surface area contributed by atoms with Gasteiger partial charge in [0.15, 0.2) is 0 Å². The second-order valence-corrected chi connectivity index (χ2v) is 6.65. The summed E-state index contributed by atoms with van der Waals surface area (Å²) in [4.78, 5) is 16.6. The van der Waals surface area contributed by atoms with Gasteiger partial charge in [-0.1, -0.05) is 27.2 Å². The molecule has 20 heavy (non-hydrogen) atoms. The number of nitrogens with two attached hydrogens (primary N) is 1. The molecule has 118 valence electrons. The summed E-state index contributed by atoms with van der Waals surface area (Å²) in [5.74, 6) is 1.09. The fourth-order valence-electron chi connectivity index (χ4n) is 2.79. The molecule has 1 saturated heterocycles. The van der Waals surface area contributed by atoms with Crippen molar-refractivity contribution < 1.29 is 4.79 Å². The van der Waals surface area contributed by atoms with Gasteiger partial charge < -0.3 is 15.5 Å². The first-order valence-corrected chi connectivity index (χ1v) is 8.18. The Kier molecular flexibility index (Phi) is 7.52. The highest BCUT2D eigenvalue weighted by atomic mass is 16.2. The third kappa shape index (κ3) is 5.41. The van der Waals surface area contributed by atoms with E-state index in [1.807, 2.05) is 18.7 Å². The van der Waals surface area contributed by atoms with Crippen molar-refractivity contribution in [1.29, 1.82) is 0 Å². The molecule has 1 rings (SSSR count). The van der Waals surface area contributed by atoms with Crippen molar-refractivity contribution in [2.75, 3.05) is 33.2 Å². The standard InChI is InChI=1S/C16H33N3O/c1-5-6-9-18(4)12-14-7-10-19(11-8-14)16(20)15(17)13(2)3/h13-15H,5-12,17H2,1-4H3/t15-/m1/s1. The van der Waals surface area contributed by atoms with Crippen molar-refractivity contribution in [1.82, 2.24) is 9.80 Å². The fraction of sp³-hybridized carbons (Fsp3) is 0.938. The number of carbonyl (C=O) groups is 1. The Labute approximate surface area is 124 Å². The predicted octanol–water partition coefficient (Wildman–Crippen LogP) is 1.94. The molecule has 0 saturated carbocycles. The van der Waals surface area contributed by atoms with Crippen LogP contribution in [0.15, 0.2) is 0 Å². The Morgan fingerprint density at radius 3 is 2.45 bits per heavy atom. The molecule has 1 amide bonds. The first-order valence-electron chi connectivity index (χ1n) is 8.18. The predicted molar refractivity (Wildman–Crippen MR) is 84.5 cm³/mol. The maximum atomic E-state index is 12.2. The molecule has 1 heterocycles. The third-order valence-electron chi connectivity index (χ3n) is 4.39. The summed E-state index contributed by atoms with van der Waals surface area (Å²) in [6, 6.07) is -0.334. The molecule has 0 aromatic carbocycles. The van der Waals surface area contributed by atoms with Crippen LogP contribution in [-0.4, -0.2) is 55.0 Å². The largest absolute Gasteiger partial charge is 0.341 e. The second-order valence-electron chi connectivity index (χ2n) is 6.65. The van der Waals surface area contributed by atoms with E-state index in [1.54, 1.807) is 0 Å². The lowest BCUT2D eigenvalue weighted by molar-refractivity contribution is -0.135. The summed E-state index contributed by atoms with van der Waals surface area (Å²) in [6.45, 7) is 10.4. The Morgan fingerprint density at radius 1 is 1.35 bits per heavy atom. The van der Waals surface area contributed by atoms with E-state index in [0.717, 1.165) is 38.4 Å². The molecule has 0 unspecified atom stereocenters. The van der Waals surface area contributed by atoms with Crippen LogP contribution in [0.1, 0.15) is 46.5 Å². The fourth-order valence-corrected chi connectivity index (χ4v) is 2.79. The summed E-state index contributed by atoms with van der Waals surface area (Å²) in [6.07, 6.45) is 4.77. The average molecular weight is 283 g/mol. The van der Waals surface area contributed by atoms with Crippen LogP contribution in [0.25, 0.3) is 0 Å². The first-order chi connectivity index (χ1) is 9.45. The summed E-state index contributed by atoms with van der Waals surface area (Å²) in [5.41, 5.74) is 5.96. The van der Waals surface area contributed by atoms with Gasteiger partial charge in [0.25, 0.3) is 0 Å². The molecule has 0 aromatic heterocycles. The minimum atomic E-state index is -0.334. The van der Waals surface area contributed by atoms with E-state index in [1.165, 1.54) is 19.4 Å². The molecule has 1 fully saturated rings. The average Bonchev–Trinajstić information content (AvgIpc) is 2.44. The number of nitrogens with zero attached hydrogens (tertiary/aromatic N) is 2. The van der Waals surface area contributed by atoms with Gasteiger partial charge in [0.05, 0.1) is 6.04 Å². The van der Waals surface area contributed by atoms with Crippen molar-refractivity contribution in [2.24, 2.45) is 17.6 Å². The first kappa shape index (κ1) is 17.4. The van der Waals surface area contributed by atoms with Gasteiger partial charge in [0.2, 0.25) is 5.91 Å². The zero-order valence-electron chi connectivity index (χ0n) is 13.8. The van der Waals surface area contributed by atoms with Gasteiger partial charge in [-0.15, -0.1) is 0 Å². The van der Waals surface area contributed by atoms with Gasteiger partial charge in [0, 0.05) is 19.6 Å². The molecule has 0 aromatic rings. The molecule has 2 N–H and O–H groups in total. The van der Waals surface area contributed by atoms with E-state index in [4.69, 9.17) is 5.73 Å². The van der Waals surface area contributed by atoms with Gasteiger partial charge in [-0.2, -0.15) is 0 Å². The van der Waals surface area contributed by atoms with E-state index >= 15 is 0 Å². The molecule has 1 aliphatic rings. The van der Waals surface area contributed by atoms with Gasteiger partial charge in [0.1, 0.15) is 0 Å². The molecule has 4 nitrogen and oxygen atoms in total. The topological polar surface area (TPSA) is 49.6 Å².